The zero-order chi connectivity index (χ0) is 22.0. The first kappa shape index (κ1) is 20.7. The Morgan fingerprint density at radius 3 is 2.39 bits per heavy atom. The van der Waals surface area contributed by atoms with Crippen molar-refractivity contribution in [3.05, 3.63) is 89.1 Å². The first-order valence-corrected chi connectivity index (χ1v) is 10.4. The Morgan fingerprint density at radius 2 is 1.71 bits per heavy atom. The molecular weight excluding hydrogens is 388 g/mol. The van der Waals surface area contributed by atoms with Crippen LogP contribution in [-0.4, -0.2) is 29.9 Å². The van der Waals surface area contributed by atoms with Crippen LogP contribution in [-0.2, 0) is 0 Å². The number of rotatable bonds is 6. The van der Waals surface area contributed by atoms with Gasteiger partial charge in [0, 0.05) is 11.3 Å². The largest absolute Gasteiger partial charge is 0.493 e. The maximum absolute atomic E-state index is 13.5. The highest BCUT2D eigenvalue weighted by molar-refractivity contribution is 6.04. The third-order valence-electron chi connectivity index (χ3n) is 5.73. The Labute approximate surface area is 182 Å². The average Bonchev–Trinajstić information content (AvgIpc) is 3.16. The normalized spacial score (nSPS) is 12.0. The van der Waals surface area contributed by atoms with Crippen LogP contribution in [0.4, 0.5) is 0 Å². The summed E-state index contributed by atoms with van der Waals surface area (Å²) in [6, 6.07) is 21.8. The van der Waals surface area contributed by atoms with Crippen LogP contribution in [0.3, 0.4) is 0 Å². The van der Waals surface area contributed by atoms with Gasteiger partial charge >= 0.3 is 0 Å². The maximum Gasteiger partial charge on any atom is 0.282 e. The molecule has 31 heavy (non-hydrogen) atoms. The average molecular weight is 415 g/mol. The fourth-order valence-corrected chi connectivity index (χ4v) is 4.32. The Balaban J connectivity index is 1.88. The molecule has 0 aliphatic carbocycles. The standard InChI is InChI=1S/C26H26N2O3/c1-5-19(18-11-7-6-8-12-18)20-13-9-15-22-24(20)17(2)27-28(22)26(29)21-14-10-16-23(30-3)25(21)31-4/h6-16,19H,5H2,1-4H3. The quantitative estimate of drug-likeness (QED) is 0.413. The van der Waals surface area contributed by atoms with Crippen molar-refractivity contribution in [1.82, 2.24) is 9.78 Å². The second kappa shape index (κ2) is 8.64. The van der Waals surface area contributed by atoms with E-state index in [2.05, 4.69) is 42.4 Å². The number of hydrogen-bond donors (Lipinski definition) is 0. The lowest BCUT2D eigenvalue weighted by atomic mass is 9.87. The van der Waals surface area contributed by atoms with Crippen molar-refractivity contribution < 1.29 is 14.3 Å². The summed E-state index contributed by atoms with van der Waals surface area (Å²) in [6.07, 6.45) is 0.950. The smallest absolute Gasteiger partial charge is 0.282 e. The molecule has 0 radical (unpaired) electrons. The first-order valence-electron chi connectivity index (χ1n) is 10.4. The lowest BCUT2D eigenvalue weighted by molar-refractivity contribution is 0.0946. The number of ether oxygens (including phenoxy) is 2. The highest BCUT2D eigenvalue weighted by Gasteiger charge is 2.24. The minimum atomic E-state index is -0.251. The van der Waals surface area contributed by atoms with Gasteiger partial charge in [-0.15, -0.1) is 0 Å². The second-order valence-corrected chi connectivity index (χ2v) is 7.46. The number of aryl methyl sites for hydroxylation is 1. The third-order valence-corrected chi connectivity index (χ3v) is 5.73. The molecule has 3 aromatic carbocycles. The van der Waals surface area contributed by atoms with E-state index in [1.54, 1.807) is 25.3 Å². The number of methoxy groups -OCH3 is 2. The third kappa shape index (κ3) is 3.56. The Kier molecular flexibility index (Phi) is 5.76. The van der Waals surface area contributed by atoms with Gasteiger partial charge in [0.1, 0.15) is 0 Å². The van der Waals surface area contributed by atoms with Crippen molar-refractivity contribution in [3.8, 4) is 11.5 Å². The van der Waals surface area contributed by atoms with E-state index in [1.807, 2.05) is 25.1 Å². The van der Waals surface area contributed by atoms with Gasteiger partial charge < -0.3 is 9.47 Å². The molecule has 0 spiro atoms. The van der Waals surface area contributed by atoms with Crippen molar-refractivity contribution in [2.75, 3.05) is 14.2 Å². The fourth-order valence-electron chi connectivity index (χ4n) is 4.32. The van der Waals surface area contributed by atoms with Gasteiger partial charge in [-0.05, 0) is 42.7 Å². The molecule has 1 aromatic heterocycles. The van der Waals surface area contributed by atoms with E-state index < -0.39 is 0 Å². The molecule has 0 N–H and O–H groups in total. The molecule has 1 unspecified atom stereocenters. The number of nitrogens with zero attached hydrogens (tertiary/aromatic N) is 2. The van der Waals surface area contributed by atoms with Crippen LogP contribution in [0.2, 0.25) is 0 Å². The van der Waals surface area contributed by atoms with Gasteiger partial charge in [-0.1, -0.05) is 55.5 Å². The fraction of sp³-hybridized carbons (Fsp3) is 0.231. The van der Waals surface area contributed by atoms with Crippen LogP contribution in [0, 0.1) is 6.92 Å². The molecule has 0 bridgehead atoms. The highest BCUT2D eigenvalue weighted by Crippen LogP contribution is 2.36. The zero-order valence-corrected chi connectivity index (χ0v) is 18.3. The number of para-hydroxylation sites is 1. The summed E-state index contributed by atoms with van der Waals surface area (Å²) in [6.45, 7) is 4.14. The monoisotopic (exact) mass is 414 g/mol. The minimum Gasteiger partial charge on any atom is -0.493 e. The van der Waals surface area contributed by atoms with Gasteiger partial charge in [0.05, 0.1) is 31.0 Å². The van der Waals surface area contributed by atoms with Crippen LogP contribution in [0.5, 0.6) is 11.5 Å². The lowest BCUT2D eigenvalue weighted by Crippen LogP contribution is -2.15. The topological polar surface area (TPSA) is 53.4 Å². The minimum absolute atomic E-state index is 0.225. The summed E-state index contributed by atoms with van der Waals surface area (Å²) in [4.78, 5) is 13.5. The van der Waals surface area contributed by atoms with E-state index in [1.165, 1.54) is 22.9 Å². The van der Waals surface area contributed by atoms with Crippen LogP contribution in [0.25, 0.3) is 10.9 Å². The van der Waals surface area contributed by atoms with E-state index in [-0.39, 0.29) is 11.8 Å². The second-order valence-electron chi connectivity index (χ2n) is 7.46. The molecule has 0 saturated carbocycles. The molecule has 5 heteroatoms. The molecule has 0 fully saturated rings. The SMILES string of the molecule is CCC(c1ccccc1)c1cccc2c1c(C)nn2C(=O)c1cccc(OC)c1OC. The van der Waals surface area contributed by atoms with Gasteiger partial charge in [-0.3, -0.25) is 4.79 Å². The molecule has 0 amide bonds. The van der Waals surface area contributed by atoms with Crippen molar-refractivity contribution in [2.45, 2.75) is 26.2 Å². The molecule has 4 aromatic rings. The van der Waals surface area contributed by atoms with Gasteiger partial charge in [-0.2, -0.15) is 9.78 Å². The molecule has 0 aliphatic heterocycles. The molecular formula is C26H26N2O3. The van der Waals surface area contributed by atoms with Gasteiger partial charge in [0.15, 0.2) is 11.5 Å². The summed E-state index contributed by atoms with van der Waals surface area (Å²) in [7, 11) is 3.09. The predicted octanol–water partition coefficient (Wildman–Crippen LogP) is 5.59. The number of carbonyl (C=O) groups is 1. The summed E-state index contributed by atoms with van der Waals surface area (Å²) >= 11 is 0. The van der Waals surface area contributed by atoms with E-state index >= 15 is 0 Å². The maximum atomic E-state index is 13.5. The van der Waals surface area contributed by atoms with Gasteiger partial charge in [0.25, 0.3) is 5.91 Å². The molecule has 158 valence electrons. The number of carbonyl (C=O) groups excluding carboxylic acids is 1. The van der Waals surface area contributed by atoms with Gasteiger partial charge in [-0.25, -0.2) is 0 Å². The molecule has 0 aliphatic rings. The summed E-state index contributed by atoms with van der Waals surface area (Å²) in [5.41, 5.74) is 4.46. The van der Waals surface area contributed by atoms with Crippen molar-refractivity contribution in [1.29, 1.82) is 0 Å². The Morgan fingerprint density at radius 1 is 0.968 bits per heavy atom. The van der Waals surface area contributed by atoms with Crippen molar-refractivity contribution >= 4 is 16.8 Å². The zero-order valence-electron chi connectivity index (χ0n) is 18.3. The van der Waals surface area contributed by atoms with E-state index in [9.17, 15) is 4.79 Å². The van der Waals surface area contributed by atoms with Crippen LogP contribution >= 0.6 is 0 Å². The number of aromatic nitrogens is 2. The molecule has 1 atom stereocenters. The van der Waals surface area contributed by atoms with E-state index in [4.69, 9.17) is 9.47 Å². The summed E-state index contributed by atoms with van der Waals surface area (Å²) < 4.78 is 12.3. The predicted molar refractivity (Wildman–Crippen MR) is 122 cm³/mol. The van der Waals surface area contributed by atoms with Crippen molar-refractivity contribution in [2.24, 2.45) is 0 Å². The van der Waals surface area contributed by atoms with Gasteiger partial charge in [0.2, 0.25) is 0 Å². The molecule has 0 saturated heterocycles. The van der Waals surface area contributed by atoms with Crippen LogP contribution in [0.1, 0.15) is 46.4 Å². The lowest BCUT2D eigenvalue weighted by Gasteiger charge is -2.17. The Hall–Kier alpha value is -3.60. The molecule has 4 rings (SSSR count). The van der Waals surface area contributed by atoms with Crippen LogP contribution in [0.15, 0.2) is 66.7 Å². The Bertz CT molecular complexity index is 1230. The van der Waals surface area contributed by atoms with Crippen LogP contribution < -0.4 is 9.47 Å². The molecule has 5 nitrogen and oxygen atoms in total. The van der Waals surface area contributed by atoms with E-state index in [0.29, 0.717) is 17.1 Å². The first-order chi connectivity index (χ1) is 15.1. The summed E-state index contributed by atoms with van der Waals surface area (Å²) in [5, 5.41) is 5.66. The number of hydrogen-bond acceptors (Lipinski definition) is 4. The molecule has 1 heterocycles. The number of benzene rings is 3. The number of fused-ring (bicyclic) bond motifs is 1. The van der Waals surface area contributed by atoms with Crippen molar-refractivity contribution in [3.63, 3.8) is 0 Å². The highest BCUT2D eigenvalue weighted by atomic mass is 16.5. The van der Waals surface area contributed by atoms with E-state index in [0.717, 1.165) is 23.0 Å². The summed E-state index contributed by atoms with van der Waals surface area (Å²) in [5.74, 6) is 0.891.